The molecule has 3 rings (SSSR count). The van der Waals surface area contributed by atoms with Gasteiger partial charge in [-0.2, -0.15) is 5.10 Å². The van der Waals surface area contributed by atoms with Gasteiger partial charge in [-0.25, -0.2) is 28.2 Å². The Morgan fingerprint density at radius 3 is 2.64 bits per heavy atom. The van der Waals surface area contributed by atoms with Gasteiger partial charge in [-0.3, -0.25) is 0 Å². The maximum absolute atomic E-state index is 14.2. The van der Waals surface area contributed by atoms with Crippen molar-refractivity contribution in [2.45, 2.75) is 0 Å². The molecule has 25 heavy (non-hydrogen) atoms. The number of carbonyl (C=O) groups is 1. The summed E-state index contributed by atoms with van der Waals surface area (Å²) in [6.07, 6.45) is 1.22. The van der Waals surface area contributed by atoms with Crippen LogP contribution in [0.5, 0.6) is 5.88 Å². The molecule has 0 aliphatic rings. The molecule has 0 fully saturated rings. The summed E-state index contributed by atoms with van der Waals surface area (Å²) in [4.78, 5) is 19.7. The summed E-state index contributed by atoms with van der Waals surface area (Å²) in [5.41, 5.74) is -0.0443. The van der Waals surface area contributed by atoms with Crippen molar-refractivity contribution in [3.05, 3.63) is 54.0 Å². The smallest absolute Gasteiger partial charge is 0.358 e. The number of rotatable bonds is 4. The highest BCUT2D eigenvalue weighted by molar-refractivity contribution is 5.89. The Labute approximate surface area is 140 Å². The Morgan fingerprint density at radius 2 is 1.92 bits per heavy atom. The van der Waals surface area contributed by atoms with Crippen molar-refractivity contribution < 1.29 is 23.0 Å². The molecule has 2 heterocycles. The van der Waals surface area contributed by atoms with Crippen LogP contribution in [0.3, 0.4) is 0 Å². The van der Waals surface area contributed by atoms with Gasteiger partial charge >= 0.3 is 5.97 Å². The number of carbonyl (C=O) groups excluding carboxylic acids is 1. The van der Waals surface area contributed by atoms with Crippen molar-refractivity contribution in [1.82, 2.24) is 19.7 Å². The second-order valence-electron chi connectivity index (χ2n) is 4.86. The van der Waals surface area contributed by atoms with Gasteiger partial charge < -0.3 is 9.47 Å². The van der Waals surface area contributed by atoms with Crippen LogP contribution in [0.2, 0.25) is 0 Å². The highest BCUT2D eigenvalue weighted by Crippen LogP contribution is 2.27. The number of halogens is 2. The number of hydrogen-bond donors (Lipinski definition) is 0. The van der Waals surface area contributed by atoms with E-state index >= 15 is 0 Å². The molecule has 0 unspecified atom stereocenters. The van der Waals surface area contributed by atoms with Crippen LogP contribution in [0, 0.1) is 11.6 Å². The van der Waals surface area contributed by atoms with Crippen LogP contribution in [0.25, 0.3) is 17.1 Å². The molecule has 1 aromatic carbocycles. The summed E-state index contributed by atoms with van der Waals surface area (Å²) in [6, 6.07) is 5.71. The first-order valence-electron chi connectivity index (χ1n) is 7.03. The molecule has 0 aliphatic carbocycles. The lowest BCUT2D eigenvalue weighted by atomic mass is 10.1. The lowest BCUT2D eigenvalue weighted by molar-refractivity contribution is 0.0593. The van der Waals surface area contributed by atoms with Crippen molar-refractivity contribution in [2.75, 3.05) is 14.2 Å². The van der Waals surface area contributed by atoms with Crippen molar-refractivity contribution in [3.8, 4) is 23.0 Å². The number of benzene rings is 1. The van der Waals surface area contributed by atoms with Crippen molar-refractivity contribution >= 4 is 5.97 Å². The zero-order valence-corrected chi connectivity index (χ0v) is 13.2. The highest BCUT2D eigenvalue weighted by atomic mass is 19.1. The molecule has 9 heteroatoms. The SMILES string of the molecule is COC(=O)c1cc(-c2cc(F)ccc2F)n(-c2cc(OC)ncn2)n1. The summed E-state index contributed by atoms with van der Waals surface area (Å²) < 4.78 is 38.6. The second-order valence-corrected chi connectivity index (χ2v) is 4.86. The molecule has 0 aliphatic heterocycles. The van der Waals surface area contributed by atoms with Crippen molar-refractivity contribution in [2.24, 2.45) is 0 Å². The number of hydrogen-bond acceptors (Lipinski definition) is 6. The number of aromatic nitrogens is 4. The third-order valence-electron chi connectivity index (χ3n) is 3.36. The summed E-state index contributed by atoms with van der Waals surface area (Å²) in [5, 5.41) is 4.08. The molecule has 0 amide bonds. The van der Waals surface area contributed by atoms with E-state index < -0.39 is 17.6 Å². The van der Waals surface area contributed by atoms with E-state index in [0.717, 1.165) is 18.2 Å². The lowest BCUT2D eigenvalue weighted by Gasteiger charge is -2.08. The molecule has 3 aromatic rings. The lowest BCUT2D eigenvalue weighted by Crippen LogP contribution is -2.06. The number of ether oxygens (including phenoxy) is 2. The maximum Gasteiger partial charge on any atom is 0.358 e. The average molecular weight is 346 g/mol. The van der Waals surface area contributed by atoms with E-state index in [1.54, 1.807) is 0 Å². The first-order chi connectivity index (χ1) is 12.0. The van der Waals surface area contributed by atoms with Gasteiger partial charge in [0.1, 0.15) is 18.0 Å². The van der Waals surface area contributed by atoms with Crippen LogP contribution < -0.4 is 4.74 Å². The molecule has 0 saturated carbocycles. The van der Waals surface area contributed by atoms with Gasteiger partial charge in [0.2, 0.25) is 5.88 Å². The largest absolute Gasteiger partial charge is 0.481 e. The minimum atomic E-state index is -0.724. The van der Waals surface area contributed by atoms with Gasteiger partial charge in [-0.05, 0) is 24.3 Å². The van der Waals surface area contributed by atoms with Crippen LogP contribution in [0.1, 0.15) is 10.5 Å². The highest BCUT2D eigenvalue weighted by Gasteiger charge is 2.20. The van der Waals surface area contributed by atoms with E-state index in [1.165, 1.54) is 37.4 Å². The Morgan fingerprint density at radius 1 is 1.12 bits per heavy atom. The van der Waals surface area contributed by atoms with Gasteiger partial charge in [0.25, 0.3) is 0 Å². The Balaban J connectivity index is 2.24. The molecule has 0 radical (unpaired) electrons. The monoisotopic (exact) mass is 346 g/mol. The Bertz CT molecular complexity index is 943. The number of methoxy groups -OCH3 is 2. The minimum absolute atomic E-state index is 0.0831. The summed E-state index contributed by atoms with van der Waals surface area (Å²) in [5.74, 6) is -1.59. The standard InChI is InChI=1S/C16H12F2N4O3/c1-24-15-7-14(19-8-20-15)22-13(6-12(21-22)16(23)25-2)10-5-9(17)3-4-11(10)18/h3-8H,1-2H3. The quantitative estimate of drug-likeness (QED) is 0.675. The predicted octanol–water partition coefficient (Wildman–Crippen LogP) is 2.40. The van der Waals surface area contributed by atoms with E-state index in [2.05, 4.69) is 19.8 Å². The third kappa shape index (κ3) is 3.16. The zero-order valence-electron chi connectivity index (χ0n) is 13.2. The van der Waals surface area contributed by atoms with Gasteiger partial charge in [0, 0.05) is 11.6 Å². The fraction of sp³-hybridized carbons (Fsp3) is 0.125. The van der Waals surface area contributed by atoms with Crippen LogP contribution in [-0.4, -0.2) is 39.9 Å². The second kappa shape index (κ2) is 6.63. The first kappa shape index (κ1) is 16.5. The molecule has 7 nitrogen and oxygen atoms in total. The fourth-order valence-electron chi connectivity index (χ4n) is 2.20. The molecular weight excluding hydrogens is 334 g/mol. The van der Waals surface area contributed by atoms with Crippen molar-refractivity contribution in [1.29, 1.82) is 0 Å². The van der Waals surface area contributed by atoms with Crippen LogP contribution in [0.15, 0.2) is 36.7 Å². The molecule has 0 atom stereocenters. The molecule has 0 bridgehead atoms. The van der Waals surface area contributed by atoms with Crippen LogP contribution >= 0.6 is 0 Å². The molecule has 0 spiro atoms. The van der Waals surface area contributed by atoms with E-state index in [4.69, 9.17) is 4.74 Å². The number of esters is 1. The van der Waals surface area contributed by atoms with E-state index in [-0.39, 0.29) is 28.6 Å². The van der Waals surface area contributed by atoms with Crippen LogP contribution in [0.4, 0.5) is 8.78 Å². The maximum atomic E-state index is 14.2. The summed E-state index contributed by atoms with van der Waals surface area (Å²) in [7, 11) is 2.61. The molecule has 128 valence electrons. The molecule has 0 saturated heterocycles. The normalized spacial score (nSPS) is 10.6. The summed E-state index contributed by atoms with van der Waals surface area (Å²) in [6.45, 7) is 0. The minimum Gasteiger partial charge on any atom is -0.481 e. The number of nitrogens with zero attached hydrogens (tertiary/aromatic N) is 4. The molecular formula is C16H12F2N4O3. The van der Waals surface area contributed by atoms with Gasteiger partial charge in [0.05, 0.1) is 19.9 Å². The third-order valence-corrected chi connectivity index (χ3v) is 3.36. The van der Waals surface area contributed by atoms with Gasteiger partial charge in [0.15, 0.2) is 11.5 Å². The summed E-state index contributed by atoms with van der Waals surface area (Å²) >= 11 is 0. The van der Waals surface area contributed by atoms with Crippen molar-refractivity contribution in [3.63, 3.8) is 0 Å². The van der Waals surface area contributed by atoms with E-state index in [1.807, 2.05) is 0 Å². The van der Waals surface area contributed by atoms with E-state index in [0.29, 0.717) is 0 Å². The van der Waals surface area contributed by atoms with Crippen LogP contribution in [-0.2, 0) is 4.74 Å². The average Bonchev–Trinajstić information content (AvgIpc) is 3.08. The molecule has 2 aromatic heterocycles. The van der Waals surface area contributed by atoms with Gasteiger partial charge in [-0.1, -0.05) is 0 Å². The topological polar surface area (TPSA) is 79.1 Å². The zero-order chi connectivity index (χ0) is 18.0. The molecule has 0 N–H and O–H groups in total. The fourth-order valence-corrected chi connectivity index (χ4v) is 2.20. The first-order valence-corrected chi connectivity index (χ1v) is 7.03. The van der Waals surface area contributed by atoms with E-state index in [9.17, 15) is 13.6 Å². The Hall–Kier alpha value is -3.36. The Kier molecular flexibility index (Phi) is 4.38. The predicted molar refractivity (Wildman–Crippen MR) is 82.4 cm³/mol. The van der Waals surface area contributed by atoms with Gasteiger partial charge in [-0.15, -0.1) is 0 Å².